The van der Waals surface area contributed by atoms with E-state index in [1.54, 1.807) is 13.8 Å². The van der Waals surface area contributed by atoms with Gasteiger partial charge in [0.05, 0.1) is 28.5 Å². The van der Waals surface area contributed by atoms with E-state index >= 15 is 0 Å². The first-order chi connectivity index (χ1) is 14.9. The summed E-state index contributed by atoms with van der Waals surface area (Å²) < 4.78 is 5.25. The lowest BCUT2D eigenvalue weighted by atomic mass is 10.1. The first kappa shape index (κ1) is 20.1. The molecule has 0 atom stereocenters. The number of hydrazone groups is 1. The standard InChI is InChI=1S/C23H19N3O5/c1-3-31-21-12-15(11-20(22(21)27)26(29)30)10-19-14(2)24-25(23(19)28)18-9-8-16-6-4-5-7-17(16)13-18/h4-13,27H,3H2,1-2H3/p-1/b19-10+. The molecular formula is C23H18N3O5-. The number of nitro benzene ring substituents is 1. The highest BCUT2D eigenvalue weighted by molar-refractivity contribution is 6.32. The zero-order valence-corrected chi connectivity index (χ0v) is 16.9. The highest BCUT2D eigenvalue weighted by Gasteiger charge is 2.29. The van der Waals surface area contributed by atoms with Crippen molar-refractivity contribution < 1.29 is 19.6 Å². The van der Waals surface area contributed by atoms with Crippen LogP contribution in [0.3, 0.4) is 0 Å². The zero-order valence-electron chi connectivity index (χ0n) is 16.9. The SMILES string of the molecule is CCOc1cc(/C=C2/C(=O)N(c3ccc4ccccc4c3)N=C2C)cc([N+](=O)[O-])c1[O-]. The van der Waals surface area contributed by atoms with Gasteiger partial charge in [0.15, 0.2) is 0 Å². The zero-order chi connectivity index (χ0) is 22.1. The van der Waals surface area contributed by atoms with E-state index in [1.165, 1.54) is 17.2 Å². The molecule has 0 saturated carbocycles. The van der Waals surface area contributed by atoms with Crippen molar-refractivity contribution in [3.63, 3.8) is 0 Å². The lowest BCUT2D eigenvalue weighted by molar-refractivity contribution is -0.398. The first-order valence-corrected chi connectivity index (χ1v) is 9.62. The molecule has 1 aliphatic rings. The third-order valence-electron chi connectivity index (χ3n) is 4.91. The minimum atomic E-state index is -0.796. The van der Waals surface area contributed by atoms with E-state index in [0.29, 0.717) is 17.0 Å². The maximum Gasteiger partial charge on any atom is 0.280 e. The predicted octanol–water partition coefficient (Wildman–Crippen LogP) is 4.03. The normalized spacial score (nSPS) is 14.9. The third kappa shape index (κ3) is 3.71. The predicted molar refractivity (Wildman–Crippen MR) is 116 cm³/mol. The van der Waals surface area contributed by atoms with Gasteiger partial charge in [-0.3, -0.25) is 14.9 Å². The molecule has 1 heterocycles. The number of carbonyl (C=O) groups excluding carboxylic acids is 1. The van der Waals surface area contributed by atoms with E-state index in [0.717, 1.165) is 16.8 Å². The Kier molecular flexibility index (Phi) is 5.12. The van der Waals surface area contributed by atoms with Gasteiger partial charge in [-0.05, 0) is 54.5 Å². The maximum atomic E-state index is 13.1. The fourth-order valence-electron chi connectivity index (χ4n) is 3.42. The van der Waals surface area contributed by atoms with Gasteiger partial charge in [0.2, 0.25) is 0 Å². The van der Waals surface area contributed by atoms with E-state index in [-0.39, 0.29) is 23.8 Å². The Morgan fingerprint density at radius 1 is 1.13 bits per heavy atom. The quantitative estimate of drug-likeness (QED) is 0.354. The molecule has 0 aromatic heterocycles. The van der Waals surface area contributed by atoms with Crippen LogP contribution in [0.2, 0.25) is 0 Å². The highest BCUT2D eigenvalue weighted by atomic mass is 16.6. The van der Waals surface area contributed by atoms with Crippen LogP contribution < -0.4 is 14.9 Å². The van der Waals surface area contributed by atoms with Crippen molar-refractivity contribution in [2.45, 2.75) is 13.8 Å². The van der Waals surface area contributed by atoms with Gasteiger partial charge in [0, 0.05) is 11.8 Å². The van der Waals surface area contributed by atoms with Crippen molar-refractivity contribution in [3.8, 4) is 11.5 Å². The van der Waals surface area contributed by atoms with Crippen LogP contribution in [0.4, 0.5) is 11.4 Å². The fraction of sp³-hybridized carbons (Fsp3) is 0.130. The number of amides is 1. The van der Waals surface area contributed by atoms with Crippen molar-refractivity contribution >= 4 is 39.8 Å². The van der Waals surface area contributed by atoms with Crippen LogP contribution in [0.25, 0.3) is 16.8 Å². The molecule has 0 saturated heterocycles. The van der Waals surface area contributed by atoms with Gasteiger partial charge in [0.25, 0.3) is 11.6 Å². The smallest absolute Gasteiger partial charge is 0.280 e. The molecule has 0 aliphatic carbocycles. The van der Waals surface area contributed by atoms with Crippen molar-refractivity contribution in [2.24, 2.45) is 5.10 Å². The summed E-state index contributed by atoms with van der Waals surface area (Å²) in [5, 5.41) is 31.1. The lowest BCUT2D eigenvalue weighted by Gasteiger charge is -2.15. The highest BCUT2D eigenvalue weighted by Crippen LogP contribution is 2.36. The second-order valence-electron chi connectivity index (χ2n) is 6.95. The number of anilines is 1. The van der Waals surface area contributed by atoms with Gasteiger partial charge in [0.1, 0.15) is 5.75 Å². The number of fused-ring (bicyclic) bond motifs is 1. The Morgan fingerprint density at radius 2 is 1.87 bits per heavy atom. The molecule has 0 bridgehead atoms. The van der Waals surface area contributed by atoms with E-state index in [4.69, 9.17) is 4.74 Å². The number of rotatable bonds is 5. The van der Waals surface area contributed by atoms with Crippen LogP contribution in [0.1, 0.15) is 19.4 Å². The fourth-order valence-corrected chi connectivity index (χ4v) is 3.42. The summed E-state index contributed by atoms with van der Waals surface area (Å²) in [5.74, 6) is -1.29. The monoisotopic (exact) mass is 416 g/mol. The summed E-state index contributed by atoms with van der Waals surface area (Å²) in [6, 6.07) is 15.9. The average molecular weight is 416 g/mol. The summed E-state index contributed by atoms with van der Waals surface area (Å²) in [6.07, 6.45) is 1.48. The molecule has 31 heavy (non-hydrogen) atoms. The molecule has 0 spiro atoms. The van der Waals surface area contributed by atoms with Gasteiger partial charge in [-0.2, -0.15) is 10.1 Å². The number of nitro groups is 1. The largest absolute Gasteiger partial charge is 0.865 e. The molecule has 0 unspecified atom stereocenters. The summed E-state index contributed by atoms with van der Waals surface area (Å²) >= 11 is 0. The van der Waals surface area contributed by atoms with Crippen molar-refractivity contribution in [3.05, 3.63) is 75.8 Å². The molecule has 3 aromatic carbocycles. The van der Waals surface area contributed by atoms with Crippen LogP contribution in [-0.2, 0) is 4.79 Å². The number of hydrogen-bond acceptors (Lipinski definition) is 6. The topological polar surface area (TPSA) is 108 Å². The molecule has 4 rings (SSSR count). The van der Waals surface area contributed by atoms with Crippen LogP contribution in [-0.4, -0.2) is 23.1 Å². The van der Waals surface area contributed by atoms with Crippen LogP contribution in [0.15, 0.2) is 65.3 Å². The van der Waals surface area contributed by atoms with Gasteiger partial charge in [-0.15, -0.1) is 0 Å². The molecule has 156 valence electrons. The second kappa shape index (κ2) is 7.91. The van der Waals surface area contributed by atoms with Crippen LogP contribution in [0, 0.1) is 10.1 Å². The number of carbonyl (C=O) groups is 1. The Balaban J connectivity index is 1.73. The van der Waals surface area contributed by atoms with E-state index in [9.17, 15) is 20.0 Å². The number of benzene rings is 3. The van der Waals surface area contributed by atoms with Crippen molar-refractivity contribution in [1.29, 1.82) is 0 Å². The number of nitrogens with zero attached hydrogens (tertiary/aromatic N) is 3. The summed E-state index contributed by atoms with van der Waals surface area (Å²) in [7, 11) is 0. The van der Waals surface area contributed by atoms with Crippen molar-refractivity contribution in [1.82, 2.24) is 0 Å². The summed E-state index contributed by atoms with van der Waals surface area (Å²) in [6.45, 7) is 3.54. The molecule has 1 amide bonds. The Labute approximate surface area is 177 Å². The minimum Gasteiger partial charge on any atom is -0.865 e. The Morgan fingerprint density at radius 3 is 2.58 bits per heavy atom. The molecule has 8 nitrogen and oxygen atoms in total. The third-order valence-corrected chi connectivity index (χ3v) is 4.91. The number of hydrogen-bond donors (Lipinski definition) is 0. The molecule has 0 N–H and O–H groups in total. The van der Waals surface area contributed by atoms with Gasteiger partial charge in [-0.1, -0.05) is 30.3 Å². The summed E-state index contributed by atoms with van der Waals surface area (Å²) in [5.41, 5.74) is 1.06. The molecule has 8 heteroatoms. The van der Waals surface area contributed by atoms with Crippen LogP contribution >= 0.6 is 0 Å². The molecule has 0 fully saturated rings. The van der Waals surface area contributed by atoms with E-state index < -0.39 is 16.4 Å². The second-order valence-corrected chi connectivity index (χ2v) is 6.95. The molecular weight excluding hydrogens is 398 g/mol. The first-order valence-electron chi connectivity index (χ1n) is 9.62. The van der Waals surface area contributed by atoms with E-state index in [2.05, 4.69) is 5.10 Å². The Hall–Kier alpha value is -4.20. The van der Waals surface area contributed by atoms with Crippen LogP contribution in [0.5, 0.6) is 11.5 Å². The molecule has 3 aromatic rings. The summed E-state index contributed by atoms with van der Waals surface area (Å²) in [4.78, 5) is 23.6. The van der Waals surface area contributed by atoms with Gasteiger partial charge in [-0.25, -0.2) is 0 Å². The minimum absolute atomic E-state index is 0.130. The average Bonchev–Trinajstić information content (AvgIpc) is 3.03. The molecule has 1 aliphatic heterocycles. The van der Waals surface area contributed by atoms with Crippen molar-refractivity contribution in [2.75, 3.05) is 11.6 Å². The number of ether oxygens (including phenoxy) is 1. The lowest BCUT2D eigenvalue weighted by Crippen LogP contribution is -2.21. The Bertz CT molecular complexity index is 1280. The van der Waals surface area contributed by atoms with Gasteiger partial charge < -0.3 is 9.84 Å². The molecule has 0 radical (unpaired) electrons. The maximum absolute atomic E-state index is 13.1. The van der Waals surface area contributed by atoms with E-state index in [1.807, 2.05) is 42.5 Å². The van der Waals surface area contributed by atoms with Gasteiger partial charge >= 0.3 is 0 Å².